The molecule has 0 saturated heterocycles. The molecule has 0 fully saturated rings. The van der Waals surface area contributed by atoms with Gasteiger partial charge >= 0.3 is 0 Å². The molecular formula is C11H18N2O2. The van der Waals surface area contributed by atoms with Crippen molar-refractivity contribution in [3.8, 4) is 0 Å². The molecule has 0 aliphatic heterocycles. The zero-order valence-electron chi connectivity index (χ0n) is 9.49. The number of carbonyl (C=O) groups excluding carboxylic acids is 1. The molecule has 0 saturated carbocycles. The van der Waals surface area contributed by atoms with Crippen molar-refractivity contribution in [2.75, 3.05) is 13.7 Å². The normalized spacial score (nSPS) is 11.4. The first-order valence-corrected chi connectivity index (χ1v) is 5.00. The van der Waals surface area contributed by atoms with Gasteiger partial charge in [0, 0.05) is 32.6 Å². The molecule has 0 unspecified atom stereocenters. The number of rotatable bonds is 5. The summed E-state index contributed by atoms with van der Waals surface area (Å²) in [5.41, 5.74) is -0.753. The van der Waals surface area contributed by atoms with Crippen LogP contribution in [0.3, 0.4) is 0 Å². The van der Waals surface area contributed by atoms with E-state index in [9.17, 15) is 4.79 Å². The Balaban J connectivity index is 2.29. The van der Waals surface area contributed by atoms with Crippen molar-refractivity contribution < 1.29 is 9.53 Å². The van der Waals surface area contributed by atoms with E-state index in [1.807, 2.05) is 29.1 Å². The fourth-order valence-electron chi connectivity index (χ4n) is 1.12. The van der Waals surface area contributed by atoms with E-state index in [4.69, 9.17) is 4.74 Å². The van der Waals surface area contributed by atoms with Crippen LogP contribution in [0.2, 0.25) is 0 Å². The lowest BCUT2D eigenvalue weighted by Gasteiger charge is -2.21. The van der Waals surface area contributed by atoms with Gasteiger partial charge in [0.05, 0.1) is 0 Å². The first kappa shape index (κ1) is 11.8. The van der Waals surface area contributed by atoms with Gasteiger partial charge in [-0.3, -0.25) is 4.79 Å². The molecule has 0 atom stereocenters. The van der Waals surface area contributed by atoms with E-state index < -0.39 is 5.60 Å². The largest absolute Gasteiger partial charge is 0.369 e. The van der Waals surface area contributed by atoms with Gasteiger partial charge < -0.3 is 14.6 Å². The topological polar surface area (TPSA) is 43.3 Å². The fourth-order valence-corrected chi connectivity index (χ4v) is 1.12. The smallest absolute Gasteiger partial charge is 0.251 e. The Morgan fingerprint density at radius 3 is 2.53 bits per heavy atom. The molecular weight excluding hydrogens is 192 g/mol. The second kappa shape index (κ2) is 4.98. The summed E-state index contributed by atoms with van der Waals surface area (Å²) in [4.78, 5) is 11.6. The summed E-state index contributed by atoms with van der Waals surface area (Å²) in [6, 6.07) is 3.92. The maximum Gasteiger partial charge on any atom is 0.251 e. The van der Waals surface area contributed by atoms with Crippen LogP contribution in [0.4, 0.5) is 0 Å². The van der Waals surface area contributed by atoms with Crippen LogP contribution < -0.4 is 5.32 Å². The van der Waals surface area contributed by atoms with Crippen molar-refractivity contribution in [1.29, 1.82) is 0 Å². The molecule has 15 heavy (non-hydrogen) atoms. The van der Waals surface area contributed by atoms with E-state index in [-0.39, 0.29) is 5.91 Å². The minimum atomic E-state index is -0.753. The van der Waals surface area contributed by atoms with E-state index in [0.29, 0.717) is 6.54 Å². The van der Waals surface area contributed by atoms with Gasteiger partial charge in [-0.1, -0.05) is 0 Å². The average molecular weight is 210 g/mol. The van der Waals surface area contributed by atoms with Crippen LogP contribution in [-0.4, -0.2) is 29.7 Å². The van der Waals surface area contributed by atoms with Gasteiger partial charge in [0.2, 0.25) is 0 Å². The van der Waals surface area contributed by atoms with Gasteiger partial charge in [-0.15, -0.1) is 0 Å². The molecule has 1 aromatic heterocycles. The first-order chi connectivity index (χ1) is 7.06. The molecule has 1 rings (SSSR count). The fraction of sp³-hybridized carbons (Fsp3) is 0.545. The Bertz CT molecular complexity index is 304. The van der Waals surface area contributed by atoms with Crippen LogP contribution >= 0.6 is 0 Å². The minimum absolute atomic E-state index is 0.0860. The number of ether oxygens (including phenoxy) is 1. The lowest BCUT2D eigenvalue weighted by atomic mass is 10.1. The maximum atomic E-state index is 11.6. The Labute approximate surface area is 90.2 Å². The molecule has 1 amide bonds. The van der Waals surface area contributed by atoms with E-state index in [1.165, 1.54) is 7.11 Å². The Morgan fingerprint density at radius 2 is 2.00 bits per heavy atom. The lowest BCUT2D eigenvalue weighted by molar-refractivity contribution is -0.139. The molecule has 1 N–H and O–H groups in total. The number of methoxy groups -OCH3 is 1. The van der Waals surface area contributed by atoms with Crippen LogP contribution in [0, 0.1) is 0 Å². The highest BCUT2D eigenvalue weighted by molar-refractivity contribution is 5.84. The highest BCUT2D eigenvalue weighted by Gasteiger charge is 2.26. The summed E-state index contributed by atoms with van der Waals surface area (Å²) in [7, 11) is 1.53. The van der Waals surface area contributed by atoms with Crippen LogP contribution in [0.15, 0.2) is 24.5 Å². The Hall–Kier alpha value is -1.29. The van der Waals surface area contributed by atoms with Crippen molar-refractivity contribution in [2.45, 2.75) is 26.0 Å². The molecule has 0 aliphatic rings. The number of nitrogens with one attached hydrogen (secondary N) is 1. The molecule has 0 aliphatic carbocycles. The van der Waals surface area contributed by atoms with Gasteiger partial charge in [-0.25, -0.2) is 0 Å². The third kappa shape index (κ3) is 3.40. The average Bonchev–Trinajstić information content (AvgIpc) is 2.70. The zero-order chi connectivity index (χ0) is 11.3. The number of aromatic nitrogens is 1. The molecule has 84 valence electrons. The number of hydrogen-bond acceptors (Lipinski definition) is 2. The number of amides is 1. The second-order valence-corrected chi connectivity index (χ2v) is 3.89. The predicted molar refractivity (Wildman–Crippen MR) is 58.5 cm³/mol. The Morgan fingerprint density at radius 1 is 1.40 bits per heavy atom. The molecule has 0 bridgehead atoms. The monoisotopic (exact) mass is 210 g/mol. The van der Waals surface area contributed by atoms with Crippen molar-refractivity contribution >= 4 is 5.91 Å². The van der Waals surface area contributed by atoms with E-state index in [0.717, 1.165) is 6.54 Å². The summed E-state index contributed by atoms with van der Waals surface area (Å²) in [5.74, 6) is -0.0860. The summed E-state index contributed by atoms with van der Waals surface area (Å²) in [6.45, 7) is 4.88. The number of carbonyl (C=O) groups is 1. The summed E-state index contributed by atoms with van der Waals surface area (Å²) < 4.78 is 7.08. The molecule has 4 heteroatoms. The van der Waals surface area contributed by atoms with Crippen LogP contribution in [0.25, 0.3) is 0 Å². The van der Waals surface area contributed by atoms with Gasteiger partial charge in [-0.2, -0.15) is 0 Å². The quantitative estimate of drug-likeness (QED) is 0.788. The SMILES string of the molecule is COC(C)(C)C(=O)NCCn1cccc1. The highest BCUT2D eigenvalue weighted by Crippen LogP contribution is 2.06. The zero-order valence-corrected chi connectivity index (χ0v) is 9.49. The first-order valence-electron chi connectivity index (χ1n) is 5.00. The minimum Gasteiger partial charge on any atom is -0.369 e. The number of hydrogen-bond donors (Lipinski definition) is 1. The van der Waals surface area contributed by atoms with Crippen molar-refractivity contribution in [3.63, 3.8) is 0 Å². The van der Waals surface area contributed by atoms with Crippen molar-refractivity contribution in [2.24, 2.45) is 0 Å². The standard InChI is InChI=1S/C11H18N2O2/c1-11(2,15-3)10(14)12-6-9-13-7-4-5-8-13/h4-5,7-8H,6,9H2,1-3H3,(H,12,14). The van der Waals surface area contributed by atoms with Crippen LogP contribution in [0.5, 0.6) is 0 Å². The Kier molecular flexibility index (Phi) is 3.91. The van der Waals surface area contributed by atoms with Crippen molar-refractivity contribution in [3.05, 3.63) is 24.5 Å². The highest BCUT2D eigenvalue weighted by atomic mass is 16.5. The predicted octanol–water partition coefficient (Wildman–Crippen LogP) is 1.03. The van der Waals surface area contributed by atoms with Gasteiger partial charge in [0.25, 0.3) is 5.91 Å². The molecule has 0 aromatic carbocycles. The van der Waals surface area contributed by atoms with Gasteiger partial charge in [-0.05, 0) is 26.0 Å². The van der Waals surface area contributed by atoms with Gasteiger partial charge in [0.1, 0.15) is 5.60 Å². The third-order valence-corrected chi connectivity index (χ3v) is 2.38. The molecule has 4 nitrogen and oxygen atoms in total. The maximum absolute atomic E-state index is 11.6. The summed E-state index contributed by atoms with van der Waals surface area (Å²) in [6.07, 6.45) is 3.93. The second-order valence-electron chi connectivity index (χ2n) is 3.89. The van der Waals surface area contributed by atoms with Crippen LogP contribution in [0.1, 0.15) is 13.8 Å². The van der Waals surface area contributed by atoms with Crippen molar-refractivity contribution in [1.82, 2.24) is 9.88 Å². The van der Waals surface area contributed by atoms with E-state index in [1.54, 1.807) is 13.8 Å². The molecule has 0 radical (unpaired) electrons. The molecule has 1 aromatic rings. The van der Waals surface area contributed by atoms with E-state index >= 15 is 0 Å². The van der Waals surface area contributed by atoms with Crippen LogP contribution in [-0.2, 0) is 16.1 Å². The summed E-state index contributed by atoms with van der Waals surface area (Å²) >= 11 is 0. The third-order valence-electron chi connectivity index (χ3n) is 2.38. The van der Waals surface area contributed by atoms with Gasteiger partial charge in [0.15, 0.2) is 0 Å². The lowest BCUT2D eigenvalue weighted by Crippen LogP contribution is -2.44. The molecule has 1 heterocycles. The molecule has 0 spiro atoms. The summed E-state index contributed by atoms with van der Waals surface area (Å²) in [5, 5.41) is 2.83. The van der Waals surface area contributed by atoms with E-state index in [2.05, 4.69) is 5.32 Å². The number of nitrogens with zero attached hydrogens (tertiary/aromatic N) is 1.